The molecule has 102 valence electrons. The van der Waals surface area contributed by atoms with Gasteiger partial charge in [-0.15, -0.1) is 0 Å². The molecule has 5 heteroatoms. The number of nitrogens with two attached hydrogens (primary N) is 1. The lowest BCUT2D eigenvalue weighted by molar-refractivity contribution is 0.437. The molecule has 0 aliphatic heterocycles. The number of hydrogen-bond donors (Lipinski definition) is 1. The second kappa shape index (κ2) is 5.51. The number of hydrogen-bond acceptors (Lipinski definition) is 3. The lowest BCUT2D eigenvalue weighted by Gasteiger charge is -2.12. The molecule has 0 aromatic heterocycles. The number of aryl methyl sites for hydroxylation is 2. The Morgan fingerprint density at radius 1 is 1.20 bits per heavy atom. The van der Waals surface area contributed by atoms with Crippen molar-refractivity contribution in [2.24, 2.45) is 0 Å². The van der Waals surface area contributed by atoms with Gasteiger partial charge >= 0.3 is 0 Å². The maximum atomic E-state index is 14.1. The Bertz CT molecular complexity index is 723. The fourth-order valence-electron chi connectivity index (χ4n) is 1.77. The van der Waals surface area contributed by atoms with Gasteiger partial charge in [-0.1, -0.05) is 6.07 Å². The van der Waals surface area contributed by atoms with E-state index in [1.807, 2.05) is 26.0 Å². The van der Waals surface area contributed by atoms with E-state index in [1.54, 1.807) is 6.07 Å². The van der Waals surface area contributed by atoms with Gasteiger partial charge in [-0.3, -0.25) is 0 Å². The quantitative estimate of drug-likeness (QED) is 0.825. The van der Waals surface area contributed by atoms with Crippen LogP contribution in [0.1, 0.15) is 16.7 Å². The summed E-state index contributed by atoms with van der Waals surface area (Å²) in [6.45, 7) is 3.75. The van der Waals surface area contributed by atoms with Crippen LogP contribution in [0.4, 0.5) is 10.1 Å². The Labute approximate surface area is 124 Å². The molecule has 0 amide bonds. The van der Waals surface area contributed by atoms with Crippen LogP contribution in [0.5, 0.6) is 11.5 Å². The first-order valence-electron chi connectivity index (χ1n) is 5.86. The van der Waals surface area contributed by atoms with Crippen LogP contribution in [-0.2, 0) is 0 Å². The Morgan fingerprint density at radius 2 is 1.90 bits per heavy atom. The van der Waals surface area contributed by atoms with E-state index in [2.05, 4.69) is 15.9 Å². The lowest BCUT2D eigenvalue weighted by Crippen LogP contribution is -1.96. The van der Waals surface area contributed by atoms with E-state index in [9.17, 15) is 4.39 Å². The standard InChI is InChI=1S/C15H12BrFN2O/c1-8-5-9(2)13(6-11(8)19)20-12-4-3-10(7-18)14(16)15(12)17/h3-6H,19H2,1-2H3. The van der Waals surface area contributed by atoms with Gasteiger partial charge in [-0.2, -0.15) is 5.26 Å². The monoisotopic (exact) mass is 334 g/mol. The summed E-state index contributed by atoms with van der Waals surface area (Å²) in [5.41, 5.74) is 8.43. The van der Waals surface area contributed by atoms with Gasteiger partial charge in [0, 0.05) is 11.8 Å². The maximum absolute atomic E-state index is 14.1. The summed E-state index contributed by atoms with van der Waals surface area (Å²) >= 11 is 3.05. The fourth-order valence-corrected chi connectivity index (χ4v) is 2.19. The number of benzene rings is 2. The summed E-state index contributed by atoms with van der Waals surface area (Å²) in [4.78, 5) is 0. The zero-order valence-corrected chi connectivity index (χ0v) is 12.6. The minimum Gasteiger partial charge on any atom is -0.454 e. The van der Waals surface area contributed by atoms with E-state index in [1.165, 1.54) is 12.1 Å². The number of nitrogens with zero attached hydrogens (tertiary/aromatic N) is 1. The highest BCUT2D eigenvalue weighted by Crippen LogP contribution is 2.34. The molecular formula is C15H12BrFN2O. The molecule has 2 aromatic carbocycles. The van der Waals surface area contributed by atoms with Crippen molar-refractivity contribution in [3.63, 3.8) is 0 Å². The van der Waals surface area contributed by atoms with Gasteiger partial charge < -0.3 is 10.5 Å². The predicted molar refractivity (Wildman–Crippen MR) is 79.2 cm³/mol. The maximum Gasteiger partial charge on any atom is 0.181 e. The lowest BCUT2D eigenvalue weighted by atomic mass is 10.1. The van der Waals surface area contributed by atoms with Crippen LogP contribution >= 0.6 is 15.9 Å². The molecule has 0 spiro atoms. The molecule has 3 nitrogen and oxygen atoms in total. The van der Waals surface area contributed by atoms with Crippen LogP contribution in [0.2, 0.25) is 0 Å². The van der Waals surface area contributed by atoms with Gasteiger partial charge in [0.05, 0.1) is 10.0 Å². The van der Waals surface area contributed by atoms with Crippen LogP contribution in [0, 0.1) is 31.0 Å². The van der Waals surface area contributed by atoms with E-state index in [4.69, 9.17) is 15.7 Å². The van der Waals surface area contributed by atoms with Crippen molar-refractivity contribution in [2.45, 2.75) is 13.8 Å². The second-order valence-corrected chi connectivity index (χ2v) is 5.22. The SMILES string of the molecule is Cc1cc(C)c(Oc2ccc(C#N)c(Br)c2F)cc1N. The minimum atomic E-state index is -0.609. The average Bonchev–Trinajstić information content (AvgIpc) is 2.41. The summed E-state index contributed by atoms with van der Waals surface area (Å²) in [7, 11) is 0. The number of anilines is 1. The molecule has 0 fully saturated rings. The Morgan fingerprint density at radius 3 is 2.55 bits per heavy atom. The predicted octanol–water partition coefficient (Wildman–Crippen LogP) is 4.45. The first-order chi connectivity index (χ1) is 9.43. The number of nitriles is 1. The van der Waals surface area contributed by atoms with E-state index in [0.717, 1.165) is 11.1 Å². The van der Waals surface area contributed by atoms with E-state index in [0.29, 0.717) is 11.4 Å². The van der Waals surface area contributed by atoms with E-state index < -0.39 is 5.82 Å². The summed E-state index contributed by atoms with van der Waals surface area (Å²) in [6, 6.07) is 8.35. The molecule has 0 heterocycles. The topological polar surface area (TPSA) is 59.0 Å². The minimum absolute atomic E-state index is 0.0437. The highest BCUT2D eigenvalue weighted by molar-refractivity contribution is 9.10. The summed E-state index contributed by atoms with van der Waals surface area (Å²) < 4.78 is 19.7. The van der Waals surface area contributed by atoms with Crippen molar-refractivity contribution in [3.8, 4) is 17.6 Å². The van der Waals surface area contributed by atoms with Gasteiger partial charge in [0.1, 0.15) is 11.8 Å². The zero-order valence-electron chi connectivity index (χ0n) is 11.0. The van der Waals surface area contributed by atoms with Crippen LogP contribution in [-0.4, -0.2) is 0 Å². The van der Waals surface area contributed by atoms with Crippen LogP contribution in [0.15, 0.2) is 28.7 Å². The number of rotatable bonds is 2. The smallest absolute Gasteiger partial charge is 0.181 e. The van der Waals surface area contributed by atoms with Crippen molar-refractivity contribution in [3.05, 3.63) is 51.2 Å². The molecule has 2 N–H and O–H groups in total. The van der Waals surface area contributed by atoms with Gasteiger partial charge in [0.15, 0.2) is 11.6 Å². The Balaban J connectivity index is 2.44. The van der Waals surface area contributed by atoms with Gasteiger partial charge in [0.2, 0.25) is 0 Å². The molecule has 0 bridgehead atoms. The number of nitrogen functional groups attached to an aromatic ring is 1. The normalized spacial score (nSPS) is 10.2. The molecule has 20 heavy (non-hydrogen) atoms. The highest BCUT2D eigenvalue weighted by Gasteiger charge is 2.14. The fraction of sp³-hybridized carbons (Fsp3) is 0.133. The van der Waals surface area contributed by atoms with Gasteiger partial charge in [-0.05, 0) is 53.0 Å². The molecular weight excluding hydrogens is 323 g/mol. The Kier molecular flexibility index (Phi) is 3.96. The summed E-state index contributed by atoms with van der Waals surface area (Å²) in [5.74, 6) is -0.0755. The van der Waals surface area contributed by atoms with Crippen LogP contribution in [0.3, 0.4) is 0 Å². The van der Waals surface area contributed by atoms with Crippen molar-refractivity contribution in [2.75, 3.05) is 5.73 Å². The number of halogens is 2. The average molecular weight is 335 g/mol. The van der Waals surface area contributed by atoms with Crippen LogP contribution < -0.4 is 10.5 Å². The van der Waals surface area contributed by atoms with Crippen molar-refractivity contribution < 1.29 is 9.13 Å². The van der Waals surface area contributed by atoms with Gasteiger partial charge in [0.25, 0.3) is 0 Å². The molecule has 0 aliphatic carbocycles. The second-order valence-electron chi connectivity index (χ2n) is 4.43. The Hall–Kier alpha value is -2.06. The third-order valence-electron chi connectivity index (χ3n) is 2.95. The molecule has 2 aromatic rings. The first-order valence-corrected chi connectivity index (χ1v) is 6.66. The largest absolute Gasteiger partial charge is 0.454 e. The first kappa shape index (κ1) is 14.4. The highest BCUT2D eigenvalue weighted by atomic mass is 79.9. The molecule has 0 unspecified atom stereocenters. The third kappa shape index (κ3) is 2.61. The van der Waals surface area contributed by atoms with E-state index in [-0.39, 0.29) is 15.8 Å². The van der Waals surface area contributed by atoms with Crippen molar-refractivity contribution >= 4 is 21.6 Å². The van der Waals surface area contributed by atoms with Crippen molar-refractivity contribution in [1.82, 2.24) is 0 Å². The third-order valence-corrected chi connectivity index (χ3v) is 3.73. The molecule has 0 atom stereocenters. The van der Waals surface area contributed by atoms with Crippen LogP contribution in [0.25, 0.3) is 0 Å². The van der Waals surface area contributed by atoms with E-state index >= 15 is 0 Å². The zero-order chi connectivity index (χ0) is 14.9. The molecule has 0 radical (unpaired) electrons. The summed E-state index contributed by atoms with van der Waals surface area (Å²) in [6.07, 6.45) is 0. The molecule has 0 saturated carbocycles. The molecule has 0 saturated heterocycles. The molecule has 0 aliphatic rings. The summed E-state index contributed by atoms with van der Waals surface area (Å²) in [5, 5.41) is 8.83. The molecule has 2 rings (SSSR count). The number of ether oxygens (including phenoxy) is 1. The van der Waals surface area contributed by atoms with Crippen molar-refractivity contribution in [1.29, 1.82) is 5.26 Å². The van der Waals surface area contributed by atoms with Gasteiger partial charge in [-0.25, -0.2) is 4.39 Å².